The molecule has 0 saturated carbocycles. The van der Waals surface area contributed by atoms with Gasteiger partial charge in [0.1, 0.15) is 5.58 Å². The molecule has 3 heteroatoms. The van der Waals surface area contributed by atoms with Crippen molar-refractivity contribution in [2.45, 2.75) is 13.3 Å². The van der Waals surface area contributed by atoms with Crippen LogP contribution < -0.4 is 11.4 Å². The average molecular weight is 189 g/mol. The van der Waals surface area contributed by atoms with Gasteiger partial charge in [-0.05, 0) is 18.1 Å². The molecule has 2 rings (SSSR count). The number of aryl methyl sites for hydroxylation is 1. The summed E-state index contributed by atoms with van der Waals surface area (Å²) < 4.78 is 5.05. The van der Waals surface area contributed by atoms with Crippen molar-refractivity contribution in [2.24, 2.45) is 0 Å². The van der Waals surface area contributed by atoms with E-state index in [0.29, 0.717) is 11.3 Å². The van der Waals surface area contributed by atoms with Gasteiger partial charge in [0.2, 0.25) is 0 Å². The van der Waals surface area contributed by atoms with Crippen LogP contribution in [-0.2, 0) is 6.42 Å². The lowest BCUT2D eigenvalue weighted by Gasteiger charge is -2.04. The number of nitrogens with two attached hydrogens (primary N) is 1. The Hall–Kier alpha value is -1.77. The first-order valence-electron chi connectivity index (χ1n) is 4.53. The third kappa shape index (κ3) is 1.27. The SMILES string of the molecule is CCc1cccc2oc(=O)cc(N)c12. The second-order valence-corrected chi connectivity index (χ2v) is 3.16. The molecule has 1 heterocycles. The second-order valence-electron chi connectivity index (χ2n) is 3.16. The van der Waals surface area contributed by atoms with Gasteiger partial charge in [0.15, 0.2) is 0 Å². The Morgan fingerprint density at radius 1 is 1.43 bits per heavy atom. The molecule has 0 unspecified atom stereocenters. The summed E-state index contributed by atoms with van der Waals surface area (Å²) in [5, 5.41) is 0.856. The highest BCUT2D eigenvalue weighted by molar-refractivity contribution is 5.91. The summed E-state index contributed by atoms with van der Waals surface area (Å²) in [5.41, 5.74) is 7.53. The predicted octanol–water partition coefficient (Wildman–Crippen LogP) is 1.94. The fourth-order valence-electron chi connectivity index (χ4n) is 1.62. The van der Waals surface area contributed by atoms with Gasteiger partial charge in [-0.1, -0.05) is 19.1 Å². The molecule has 0 aliphatic rings. The molecule has 0 aliphatic carbocycles. The molecule has 0 bridgehead atoms. The fourth-order valence-corrected chi connectivity index (χ4v) is 1.62. The highest BCUT2D eigenvalue weighted by Gasteiger charge is 2.05. The highest BCUT2D eigenvalue weighted by atomic mass is 16.4. The first kappa shape index (κ1) is 8.81. The standard InChI is InChI=1S/C11H11NO2/c1-2-7-4-3-5-9-11(7)8(12)6-10(13)14-9/h3-6H,2,12H2,1H3. The lowest BCUT2D eigenvalue weighted by atomic mass is 10.1. The van der Waals surface area contributed by atoms with Crippen molar-refractivity contribution in [3.63, 3.8) is 0 Å². The van der Waals surface area contributed by atoms with Crippen LogP contribution in [-0.4, -0.2) is 0 Å². The third-order valence-electron chi connectivity index (χ3n) is 2.27. The molecular weight excluding hydrogens is 178 g/mol. The van der Waals surface area contributed by atoms with E-state index in [-0.39, 0.29) is 0 Å². The molecule has 72 valence electrons. The normalized spacial score (nSPS) is 10.6. The molecule has 0 spiro atoms. The summed E-state index contributed by atoms with van der Waals surface area (Å²) >= 11 is 0. The second kappa shape index (κ2) is 3.18. The summed E-state index contributed by atoms with van der Waals surface area (Å²) in [6.45, 7) is 2.04. The minimum atomic E-state index is -0.400. The van der Waals surface area contributed by atoms with Gasteiger partial charge >= 0.3 is 5.63 Å². The van der Waals surface area contributed by atoms with Gasteiger partial charge < -0.3 is 10.2 Å². The van der Waals surface area contributed by atoms with Gasteiger partial charge in [-0.2, -0.15) is 0 Å². The Balaban J connectivity index is 2.94. The van der Waals surface area contributed by atoms with Crippen LogP contribution in [0.3, 0.4) is 0 Å². The Morgan fingerprint density at radius 2 is 2.21 bits per heavy atom. The van der Waals surface area contributed by atoms with Gasteiger partial charge in [-0.15, -0.1) is 0 Å². The molecule has 3 nitrogen and oxygen atoms in total. The lowest BCUT2D eigenvalue weighted by Crippen LogP contribution is -2.01. The smallest absolute Gasteiger partial charge is 0.338 e. The predicted molar refractivity (Wildman–Crippen MR) is 56.3 cm³/mol. The van der Waals surface area contributed by atoms with Crippen molar-refractivity contribution in [1.82, 2.24) is 0 Å². The lowest BCUT2D eigenvalue weighted by molar-refractivity contribution is 0.561. The van der Waals surface area contributed by atoms with Crippen LogP contribution >= 0.6 is 0 Å². The van der Waals surface area contributed by atoms with E-state index in [0.717, 1.165) is 17.4 Å². The molecule has 0 saturated heterocycles. The minimum absolute atomic E-state index is 0.400. The number of nitrogen functional groups attached to an aromatic ring is 1. The topological polar surface area (TPSA) is 56.2 Å². The zero-order valence-corrected chi connectivity index (χ0v) is 7.91. The molecule has 0 amide bonds. The molecule has 0 atom stereocenters. The van der Waals surface area contributed by atoms with Crippen molar-refractivity contribution < 1.29 is 4.42 Å². The van der Waals surface area contributed by atoms with Crippen molar-refractivity contribution in [3.05, 3.63) is 40.2 Å². The maximum Gasteiger partial charge on any atom is 0.338 e. The molecule has 0 radical (unpaired) electrons. The van der Waals surface area contributed by atoms with Crippen LogP contribution in [0.5, 0.6) is 0 Å². The van der Waals surface area contributed by atoms with E-state index in [1.54, 1.807) is 6.07 Å². The van der Waals surface area contributed by atoms with Crippen LogP contribution in [0.2, 0.25) is 0 Å². The monoisotopic (exact) mass is 189 g/mol. The summed E-state index contributed by atoms with van der Waals surface area (Å²) in [5.74, 6) is 0. The maximum atomic E-state index is 11.1. The average Bonchev–Trinajstić information content (AvgIpc) is 2.16. The Labute approximate surface area is 81.1 Å². The number of hydrogen-bond donors (Lipinski definition) is 1. The van der Waals surface area contributed by atoms with Crippen LogP contribution in [0.4, 0.5) is 5.69 Å². The van der Waals surface area contributed by atoms with Crippen LogP contribution in [0.1, 0.15) is 12.5 Å². The quantitative estimate of drug-likeness (QED) is 0.697. The number of benzene rings is 1. The van der Waals surface area contributed by atoms with Gasteiger partial charge in [0, 0.05) is 11.5 Å². The van der Waals surface area contributed by atoms with Crippen molar-refractivity contribution in [3.8, 4) is 0 Å². The molecule has 1 aromatic heterocycles. The van der Waals surface area contributed by atoms with Crippen molar-refractivity contribution >= 4 is 16.7 Å². The van der Waals surface area contributed by atoms with Gasteiger partial charge in [0.05, 0.1) is 5.69 Å². The zero-order valence-electron chi connectivity index (χ0n) is 7.91. The van der Waals surface area contributed by atoms with E-state index in [1.165, 1.54) is 6.07 Å². The number of rotatable bonds is 1. The molecular formula is C11H11NO2. The molecule has 2 aromatic rings. The van der Waals surface area contributed by atoms with Crippen LogP contribution in [0.15, 0.2) is 33.5 Å². The van der Waals surface area contributed by atoms with E-state index in [4.69, 9.17) is 10.2 Å². The zero-order chi connectivity index (χ0) is 10.1. The number of hydrogen-bond acceptors (Lipinski definition) is 3. The largest absolute Gasteiger partial charge is 0.423 e. The first-order valence-corrected chi connectivity index (χ1v) is 4.53. The van der Waals surface area contributed by atoms with E-state index in [1.807, 2.05) is 19.1 Å². The van der Waals surface area contributed by atoms with Crippen molar-refractivity contribution in [2.75, 3.05) is 5.73 Å². The summed E-state index contributed by atoms with van der Waals surface area (Å²) in [4.78, 5) is 11.1. The number of fused-ring (bicyclic) bond motifs is 1. The molecule has 0 aliphatic heterocycles. The Kier molecular flexibility index (Phi) is 2.00. The molecule has 2 N–H and O–H groups in total. The van der Waals surface area contributed by atoms with Crippen LogP contribution in [0, 0.1) is 0 Å². The summed E-state index contributed by atoms with van der Waals surface area (Å²) in [6.07, 6.45) is 0.870. The van der Waals surface area contributed by atoms with Gasteiger partial charge in [-0.3, -0.25) is 0 Å². The summed E-state index contributed by atoms with van der Waals surface area (Å²) in [6, 6.07) is 6.93. The van der Waals surface area contributed by atoms with E-state index >= 15 is 0 Å². The molecule has 14 heavy (non-hydrogen) atoms. The minimum Gasteiger partial charge on any atom is -0.423 e. The van der Waals surface area contributed by atoms with E-state index < -0.39 is 5.63 Å². The molecule has 0 fully saturated rings. The highest BCUT2D eigenvalue weighted by Crippen LogP contribution is 2.23. The summed E-state index contributed by atoms with van der Waals surface area (Å²) in [7, 11) is 0. The van der Waals surface area contributed by atoms with Gasteiger partial charge in [0.25, 0.3) is 0 Å². The van der Waals surface area contributed by atoms with Crippen LogP contribution in [0.25, 0.3) is 11.0 Å². The Morgan fingerprint density at radius 3 is 2.93 bits per heavy atom. The van der Waals surface area contributed by atoms with Gasteiger partial charge in [-0.25, -0.2) is 4.79 Å². The van der Waals surface area contributed by atoms with E-state index in [9.17, 15) is 4.79 Å². The maximum absolute atomic E-state index is 11.1. The number of anilines is 1. The molecule has 1 aromatic carbocycles. The Bertz CT molecular complexity index is 528. The third-order valence-corrected chi connectivity index (χ3v) is 2.27. The first-order chi connectivity index (χ1) is 6.72. The van der Waals surface area contributed by atoms with Crippen molar-refractivity contribution in [1.29, 1.82) is 0 Å². The fraction of sp³-hybridized carbons (Fsp3) is 0.182. The van der Waals surface area contributed by atoms with E-state index in [2.05, 4.69) is 0 Å².